The lowest BCUT2D eigenvalue weighted by molar-refractivity contribution is 0.174. The van der Waals surface area contributed by atoms with Gasteiger partial charge in [-0.1, -0.05) is 23.8 Å². The Bertz CT molecular complexity index is 1140. The molecule has 0 bridgehead atoms. The van der Waals surface area contributed by atoms with Gasteiger partial charge in [-0.15, -0.1) is 0 Å². The molecule has 2 heterocycles. The molecule has 0 spiro atoms. The first-order valence-electron chi connectivity index (χ1n) is 10.1. The van der Waals surface area contributed by atoms with Crippen LogP contribution in [0.15, 0.2) is 53.5 Å². The Morgan fingerprint density at radius 1 is 0.938 bits per heavy atom. The van der Waals surface area contributed by atoms with Gasteiger partial charge in [-0.05, 0) is 56.7 Å². The van der Waals surface area contributed by atoms with Crippen LogP contribution in [0.3, 0.4) is 0 Å². The van der Waals surface area contributed by atoms with E-state index in [1.807, 2.05) is 69.3 Å². The molecular formula is C23H24N6O3. The van der Waals surface area contributed by atoms with E-state index in [2.05, 4.69) is 30.9 Å². The lowest BCUT2D eigenvalue weighted by Crippen LogP contribution is -2.39. The van der Waals surface area contributed by atoms with Gasteiger partial charge in [0.2, 0.25) is 18.7 Å². The van der Waals surface area contributed by atoms with Crippen LogP contribution in [0, 0.1) is 20.8 Å². The molecule has 32 heavy (non-hydrogen) atoms. The van der Waals surface area contributed by atoms with Gasteiger partial charge in [0, 0.05) is 17.1 Å². The van der Waals surface area contributed by atoms with Crippen molar-refractivity contribution in [1.29, 1.82) is 0 Å². The second-order valence-electron chi connectivity index (χ2n) is 7.40. The number of urea groups is 1. The van der Waals surface area contributed by atoms with Gasteiger partial charge in [0.15, 0.2) is 11.5 Å². The van der Waals surface area contributed by atoms with Crippen molar-refractivity contribution in [3.05, 3.63) is 71.0 Å². The maximum absolute atomic E-state index is 12.6. The molecule has 3 aromatic rings. The van der Waals surface area contributed by atoms with Crippen LogP contribution in [-0.2, 0) is 6.54 Å². The fourth-order valence-electron chi connectivity index (χ4n) is 3.11. The first-order chi connectivity index (χ1) is 15.4. The van der Waals surface area contributed by atoms with Crippen molar-refractivity contribution in [3.8, 4) is 11.5 Å². The van der Waals surface area contributed by atoms with E-state index in [-0.39, 0.29) is 12.8 Å². The average molecular weight is 432 g/mol. The van der Waals surface area contributed by atoms with Crippen LogP contribution in [0.25, 0.3) is 0 Å². The Labute approximate surface area is 185 Å². The second-order valence-corrected chi connectivity index (χ2v) is 7.40. The summed E-state index contributed by atoms with van der Waals surface area (Å²) in [6, 6.07) is 14.5. The Hall–Kier alpha value is -4.14. The molecular weight excluding hydrogens is 408 g/mol. The minimum absolute atomic E-state index is 0.208. The molecule has 1 aliphatic heterocycles. The molecule has 2 amide bonds. The largest absolute Gasteiger partial charge is 0.454 e. The van der Waals surface area contributed by atoms with Crippen molar-refractivity contribution >= 4 is 23.6 Å². The van der Waals surface area contributed by atoms with Gasteiger partial charge >= 0.3 is 6.03 Å². The quantitative estimate of drug-likeness (QED) is 0.426. The number of carbonyl (C=O) groups is 1. The summed E-state index contributed by atoms with van der Waals surface area (Å²) in [5.41, 5.74) is 4.29. The third kappa shape index (κ3) is 5.51. The molecule has 1 aromatic heterocycles. The van der Waals surface area contributed by atoms with Gasteiger partial charge < -0.3 is 14.8 Å². The molecule has 9 heteroatoms. The van der Waals surface area contributed by atoms with E-state index >= 15 is 0 Å². The number of aryl methyl sites for hydroxylation is 3. The summed E-state index contributed by atoms with van der Waals surface area (Å²) in [7, 11) is 0. The summed E-state index contributed by atoms with van der Waals surface area (Å²) in [5, 5.41) is 8.54. The summed E-state index contributed by atoms with van der Waals surface area (Å²) >= 11 is 0. The second kappa shape index (κ2) is 9.34. The van der Waals surface area contributed by atoms with E-state index in [4.69, 9.17) is 9.47 Å². The molecule has 1 aliphatic rings. The number of aromatic nitrogens is 2. The minimum atomic E-state index is -0.435. The predicted octanol–water partition coefficient (Wildman–Crippen LogP) is 3.92. The molecule has 0 saturated carbocycles. The van der Waals surface area contributed by atoms with Crippen LogP contribution in [0.1, 0.15) is 22.5 Å². The Morgan fingerprint density at radius 3 is 2.41 bits per heavy atom. The number of hydrogen-bond acceptors (Lipinski definition) is 6. The zero-order valence-electron chi connectivity index (χ0n) is 18.1. The van der Waals surface area contributed by atoms with Crippen molar-refractivity contribution in [2.24, 2.45) is 4.99 Å². The number of nitrogens with one attached hydrogen (secondary N) is 3. The minimum Gasteiger partial charge on any atom is -0.454 e. The number of fused-ring (bicyclic) bond motifs is 1. The van der Waals surface area contributed by atoms with Crippen molar-refractivity contribution < 1.29 is 14.3 Å². The first-order valence-corrected chi connectivity index (χ1v) is 10.1. The monoisotopic (exact) mass is 432 g/mol. The van der Waals surface area contributed by atoms with Crippen LogP contribution in [0.4, 0.5) is 16.4 Å². The normalized spacial score (nSPS) is 12.4. The molecule has 0 atom stereocenters. The summed E-state index contributed by atoms with van der Waals surface area (Å²) in [6.45, 7) is 6.24. The number of amides is 2. The summed E-state index contributed by atoms with van der Waals surface area (Å²) in [6.07, 6.45) is 0. The van der Waals surface area contributed by atoms with E-state index in [0.717, 1.165) is 22.5 Å². The molecule has 0 radical (unpaired) electrons. The standard InChI is InChI=1S/C23H24N6O3/c1-14-4-7-18(8-5-14)27-23(30)29-21(28-22-25-15(2)10-16(3)26-22)24-12-17-6-9-19-20(11-17)32-13-31-19/h4-11H,12-13H2,1-3H3,(H3,24,25,26,27,28,29,30). The van der Waals surface area contributed by atoms with E-state index in [0.29, 0.717) is 29.7 Å². The van der Waals surface area contributed by atoms with Crippen molar-refractivity contribution in [1.82, 2.24) is 15.3 Å². The van der Waals surface area contributed by atoms with Gasteiger partial charge in [-0.25, -0.2) is 19.8 Å². The third-order valence-corrected chi connectivity index (χ3v) is 4.61. The molecule has 164 valence electrons. The average Bonchev–Trinajstić information content (AvgIpc) is 3.21. The number of nitrogens with zero attached hydrogens (tertiary/aromatic N) is 3. The summed E-state index contributed by atoms with van der Waals surface area (Å²) in [5.74, 6) is 1.95. The smallest absolute Gasteiger partial charge is 0.326 e. The van der Waals surface area contributed by atoms with E-state index in [9.17, 15) is 4.79 Å². The molecule has 2 aromatic carbocycles. The first kappa shape index (κ1) is 21.1. The van der Waals surface area contributed by atoms with E-state index in [1.54, 1.807) is 0 Å². The topological polar surface area (TPSA) is 110 Å². The molecule has 0 fully saturated rings. The number of benzene rings is 2. The maximum atomic E-state index is 12.6. The number of hydrogen-bond donors (Lipinski definition) is 3. The molecule has 9 nitrogen and oxygen atoms in total. The fraction of sp³-hybridized carbons (Fsp3) is 0.217. The number of ether oxygens (including phenoxy) is 2. The Kier molecular flexibility index (Phi) is 6.16. The lowest BCUT2D eigenvalue weighted by atomic mass is 10.2. The van der Waals surface area contributed by atoms with Crippen molar-refractivity contribution in [3.63, 3.8) is 0 Å². The third-order valence-electron chi connectivity index (χ3n) is 4.61. The molecule has 0 unspecified atom stereocenters. The fourth-order valence-corrected chi connectivity index (χ4v) is 3.11. The highest BCUT2D eigenvalue weighted by Crippen LogP contribution is 2.32. The zero-order chi connectivity index (χ0) is 22.5. The van der Waals surface area contributed by atoms with E-state index in [1.165, 1.54) is 0 Å². The maximum Gasteiger partial charge on any atom is 0.326 e. The van der Waals surface area contributed by atoms with Gasteiger partial charge in [-0.2, -0.15) is 0 Å². The van der Waals surface area contributed by atoms with Crippen molar-refractivity contribution in [2.75, 3.05) is 17.4 Å². The molecule has 3 N–H and O–H groups in total. The van der Waals surface area contributed by atoms with Crippen LogP contribution >= 0.6 is 0 Å². The summed E-state index contributed by atoms with van der Waals surface area (Å²) in [4.78, 5) is 25.8. The molecule has 0 aliphatic carbocycles. The molecule has 0 saturated heterocycles. The van der Waals surface area contributed by atoms with Gasteiger partial charge in [0.1, 0.15) is 0 Å². The van der Waals surface area contributed by atoms with E-state index < -0.39 is 6.03 Å². The number of aliphatic imine (C=N–C) groups is 1. The van der Waals surface area contributed by atoms with Crippen LogP contribution in [0.2, 0.25) is 0 Å². The van der Waals surface area contributed by atoms with Crippen molar-refractivity contribution in [2.45, 2.75) is 27.3 Å². The lowest BCUT2D eigenvalue weighted by Gasteiger charge is -2.12. The van der Waals surface area contributed by atoms with Gasteiger partial charge in [0.25, 0.3) is 0 Å². The highest BCUT2D eigenvalue weighted by atomic mass is 16.7. The van der Waals surface area contributed by atoms with Crippen LogP contribution < -0.4 is 25.4 Å². The van der Waals surface area contributed by atoms with Crippen LogP contribution in [0.5, 0.6) is 11.5 Å². The number of anilines is 2. The number of rotatable bonds is 4. The van der Waals surface area contributed by atoms with Crippen LogP contribution in [-0.4, -0.2) is 28.8 Å². The zero-order valence-corrected chi connectivity index (χ0v) is 18.1. The summed E-state index contributed by atoms with van der Waals surface area (Å²) < 4.78 is 10.8. The highest BCUT2D eigenvalue weighted by molar-refractivity contribution is 6.07. The molecule has 4 rings (SSSR count). The van der Waals surface area contributed by atoms with Gasteiger partial charge in [0.05, 0.1) is 6.54 Å². The predicted molar refractivity (Wildman–Crippen MR) is 122 cm³/mol. The SMILES string of the molecule is Cc1ccc(NC(=O)NC(=NCc2ccc3c(c2)OCO3)Nc2nc(C)cc(C)n2)cc1. The Balaban J connectivity index is 1.51. The Morgan fingerprint density at radius 2 is 1.66 bits per heavy atom. The number of guanidine groups is 1. The highest BCUT2D eigenvalue weighted by Gasteiger charge is 2.14. The van der Waals surface area contributed by atoms with Gasteiger partial charge in [-0.3, -0.25) is 10.6 Å². The number of carbonyl (C=O) groups excluding carboxylic acids is 1.